The third-order valence-corrected chi connectivity index (χ3v) is 10.1. The number of carbonyl (C=O) groups is 5. The molecule has 2 fully saturated rings. The van der Waals surface area contributed by atoms with E-state index in [2.05, 4.69) is 40.7 Å². The fourth-order valence-corrected chi connectivity index (χ4v) is 7.62. The largest absolute Gasteiger partial charge is 0.481 e. The number of carboxylic acids is 3. The molecular weight excluding hydrogens is 616 g/mol. The maximum absolute atomic E-state index is 12.9. The fraction of sp³-hybridized carbons (Fsp3) is 0.531. The van der Waals surface area contributed by atoms with E-state index in [4.69, 9.17) is 20.4 Å². The van der Waals surface area contributed by atoms with Crippen LogP contribution in [-0.2, 0) is 14.4 Å². The molecule has 3 aliphatic rings. The normalized spacial score (nSPS) is 19.6. The van der Waals surface area contributed by atoms with Crippen LogP contribution in [0, 0.1) is 6.92 Å². The summed E-state index contributed by atoms with van der Waals surface area (Å²) in [4.78, 5) is 63.6. The Morgan fingerprint density at radius 1 is 1.04 bits per heavy atom. The molecule has 0 saturated carbocycles. The van der Waals surface area contributed by atoms with Gasteiger partial charge < -0.3 is 40.4 Å². The van der Waals surface area contributed by atoms with Crippen LogP contribution < -0.4 is 5.32 Å². The number of amides is 3. The quantitative estimate of drug-likeness (QED) is 0.240. The number of urea groups is 1. The number of likely N-dealkylation sites (N-methyl/N-ethyl adjacent to an activating group) is 1. The maximum atomic E-state index is 12.9. The summed E-state index contributed by atoms with van der Waals surface area (Å²) in [7, 11) is 1.95. The van der Waals surface area contributed by atoms with Crippen molar-refractivity contribution in [3.05, 3.63) is 57.3 Å². The lowest BCUT2D eigenvalue weighted by Gasteiger charge is -2.40. The highest BCUT2D eigenvalue weighted by molar-refractivity contribution is 7.10. The minimum absolute atomic E-state index is 0.0846. The van der Waals surface area contributed by atoms with E-state index in [0.29, 0.717) is 6.04 Å². The average Bonchev–Trinajstić information content (AvgIpc) is 3.54. The van der Waals surface area contributed by atoms with Crippen molar-refractivity contribution in [1.29, 1.82) is 0 Å². The monoisotopic (exact) mass is 658 g/mol. The van der Waals surface area contributed by atoms with Crippen LogP contribution in [0.4, 0.5) is 4.79 Å². The van der Waals surface area contributed by atoms with Gasteiger partial charge in [-0.15, -0.1) is 11.3 Å². The van der Waals surface area contributed by atoms with Gasteiger partial charge in [0.25, 0.3) is 5.91 Å². The third-order valence-electron chi connectivity index (χ3n) is 8.90. The predicted octanol–water partition coefficient (Wildman–Crippen LogP) is 2.99. The SMILES string of the molecule is Cc1csc([C@@H](CCN2CCC(N3CCCNC3=O)CC2)[C@@H]2c3ccccc3C(=O)N2C)c1.O=C(O)CC(O)(CC(=O)O)C(=O)O. The van der Waals surface area contributed by atoms with Crippen molar-refractivity contribution >= 4 is 41.2 Å². The molecule has 0 aliphatic carbocycles. The molecule has 0 unspecified atom stereocenters. The molecule has 2 aromatic rings. The lowest BCUT2D eigenvalue weighted by molar-refractivity contribution is -0.170. The summed E-state index contributed by atoms with van der Waals surface area (Å²) in [5.74, 6) is -4.60. The summed E-state index contributed by atoms with van der Waals surface area (Å²) < 4.78 is 0. The van der Waals surface area contributed by atoms with Gasteiger partial charge in [0.15, 0.2) is 5.60 Å². The van der Waals surface area contributed by atoms with E-state index in [-0.39, 0.29) is 23.9 Å². The Morgan fingerprint density at radius 2 is 1.70 bits per heavy atom. The smallest absolute Gasteiger partial charge is 0.336 e. The molecule has 3 amide bonds. The van der Waals surface area contributed by atoms with Gasteiger partial charge in [-0.1, -0.05) is 18.2 Å². The van der Waals surface area contributed by atoms with E-state index in [0.717, 1.165) is 69.5 Å². The van der Waals surface area contributed by atoms with Crippen LogP contribution >= 0.6 is 11.3 Å². The van der Waals surface area contributed by atoms with Crippen LogP contribution in [0.15, 0.2) is 35.7 Å². The Morgan fingerprint density at radius 3 is 2.26 bits per heavy atom. The molecule has 46 heavy (non-hydrogen) atoms. The van der Waals surface area contributed by atoms with Crippen molar-refractivity contribution < 1.29 is 44.4 Å². The van der Waals surface area contributed by atoms with E-state index in [1.165, 1.54) is 10.4 Å². The van der Waals surface area contributed by atoms with E-state index < -0.39 is 36.4 Å². The number of fused-ring (bicyclic) bond motifs is 1. The van der Waals surface area contributed by atoms with Gasteiger partial charge in [0, 0.05) is 55.6 Å². The molecule has 2 saturated heterocycles. The molecule has 1 aromatic carbocycles. The minimum atomic E-state index is -2.74. The molecule has 5 N–H and O–H groups in total. The van der Waals surface area contributed by atoms with Crippen LogP contribution in [-0.4, -0.2) is 116 Å². The number of piperidine rings is 1. The number of aryl methyl sites for hydroxylation is 1. The average molecular weight is 659 g/mol. The number of nitrogens with one attached hydrogen (secondary N) is 1. The fourth-order valence-electron chi connectivity index (χ4n) is 6.55. The van der Waals surface area contributed by atoms with Crippen molar-refractivity contribution in [2.45, 2.75) is 69.1 Å². The molecule has 1 aromatic heterocycles. The number of aliphatic carboxylic acids is 3. The molecule has 5 rings (SSSR count). The van der Waals surface area contributed by atoms with Crippen LogP contribution in [0.25, 0.3) is 0 Å². The molecule has 0 bridgehead atoms. The molecule has 0 spiro atoms. The highest BCUT2D eigenvalue weighted by atomic mass is 32.1. The first-order valence-corrected chi connectivity index (χ1v) is 16.3. The topological polar surface area (TPSA) is 188 Å². The van der Waals surface area contributed by atoms with Crippen LogP contribution in [0.2, 0.25) is 0 Å². The van der Waals surface area contributed by atoms with E-state index in [1.54, 1.807) is 0 Å². The van der Waals surface area contributed by atoms with Gasteiger partial charge in [0.1, 0.15) is 0 Å². The Labute approximate surface area is 271 Å². The zero-order valence-corrected chi connectivity index (χ0v) is 26.9. The van der Waals surface area contributed by atoms with Gasteiger partial charge in [-0.25, -0.2) is 9.59 Å². The van der Waals surface area contributed by atoms with Crippen molar-refractivity contribution in [1.82, 2.24) is 20.0 Å². The van der Waals surface area contributed by atoms with Crippen LogP contribution in [0.5, 0.6) is 0 Å². The standard InChI is InChI=1S/C26H34N4O2S.C6H8O7/c1-18-16-23(33-17-18)22(24-20-6-3-4-7-21(20)25(31)28(24)2)10-15-29-13-8-19(9-14-29)30-12-5-11-27-26(30)32;7-3(8)1-6(13,5(11)12)2-4(9)10/h3-4,6-7,16-17,19,22,24H,5,8-15H2,1-2H3,(H,27,32);13H,1-2H2,(H,7,8)(H,9,10)(H,11,12)/t22-,24+;/m1./s1. The molecule has 14 heteroatoms. The number of hydrogen-bond donors (Lipinski definition) is 5. The number of hydrogen-bond acceptors (Lipinski definition) is 8. The van der Waals surface area contributed by atoms with Gasteiger partial charge >= 0.3 is 23.9 Å². The summed E-state index contributed by atoms with van der Waals surface area (Å²) >= 11 is 1.82. The molecule has 250 valence electrons. The van der Waals surface area contributed by atoms with Crippen molar-refractivity contribution in [3.63, 3.8) is 0 Å². The van der Waals surface area contributed by atoms with Gasteiger partial charge in [-0.05, 0) is 67.8 Å². The summed E-state index contributed by atoms with van der Waals surface area (Å²) in [6.07, 6.45) is 1.86. The second kappa shape index (κ2) is 15.1. The Balaban J connectivity index is 0.000000315. The van der Waals surface area contributed by atoms with Gasteiger partial charge in [-0.2, -0.15) is 0 Å². The number of carboxylic acid groups (broad SMARTS) is 3. The van der Waals surface area contributed by atoms with E-state index in [1.807, 2.05) is 40.3 Å². The van der Waals surface area contributed by atoms with Crippen LogP contribution in [0.3, 0.4) is 0 Å². The second-order valence-corrected chi connectivity index (χ2v) is 13.1. The lowest BCUT2D eigenvalue weighted by Crippen LogP contribution is -2.54. The number of aliphatic hydroxyl groups is 1. The second-order valence-electron chi connectivity index (χ2n) is 12.2. The van der Waals surface area contributed by atoms with Gasteiger partial charge in [-0.3, -0.25) is 14.4 Å². The zero-order valence-electron chi connectivity index (χ0n) is 26.1. The predicted molar refractivity (Wildman–Crippen MR) is 169 cm³/mol. The van der Waals surface area contributed by atoms with Gasteiger partial charge in [0.05, 0.1) is 18.9 Å². The maximum Gasteiger partial charge on any atom is 0.336 e. The van der Waals surface area contributed by atoms with Crippen molar-refractivity contribution in [2.24, 2.45) is 0 Å². The summed E-state index contributed by atoms with van der Waals surface area (Å²) in [5, 5.41) is 39.0. The molecule has 3 aliphatic heterocycles. The Kier molecular flexibility index (Phi) is 11.4. The van der Waals surface area contributed by atoms with Crippen molar-refractivity contribution in [2.75, 3.05) is 39.8 Å². The Hall–Kier alpha value is -4.01. The first-order valence-electron chi connectivity index (χ1n) is 15.4. The molecular formula is C32H42N4O9S. The lowest BCUT2D eigenvalue weighted by atomic mass is 9.88. The molecule has 2 atom stereocenters. The number of carbonyl (C=O) groups excluding carboxylic acids is 2. The van der Waals surface area contributed by atoms with E-state index in [9.17, 15) is 24.0 Å². The van der Waals surface area contributed by atoms with Gasteiger partial charge in [0.2, 0.25) is 0 Å². The summed E-state index contributed by atoms with van der Waals surface area (Å²) in [6.45, 7) is 6.91. The molecule has 13 nitrogen and oxygen atoms in total. The first-order chi connectivity index (χ1) is 21.8. The van der Waals surface area contributed by atoms with Crippen molar-refractivity contribution in [3.8, 4) is 0 Å². The number of nitrogens with zero attached hydrogens (tertiary/aromatic N) is 3. The highest BCUT2D eigenvalue weighted by Crippen LogP contribution is 2.45. The number of benzene rings is 1. The van der Waals surface area contributed by atoms with E-state index >= 15 is 0 Å². The first kappa shape index (κ1) is 34.9. The summed E-state index contributed by atoms with van der Waals surface area (Å²) in [5.41, 5.74) is 0.568. The Bertz CT molecular complexity index is 1420. The highest BCUT2D eigenvalue weighted by Gasteiger charge is 2.41. The number of likely N-dealkylation sites (tertiary alicyclic amines) is 1. The molecule has 4 heterocycles. The molecule has 0 radical (unpaired) electrons. The zero-order chi connectivity index (χ0) is 33.6. The minimum Gasteiger partial charge on any atom is -0.481 e. The number of thiophene rings is 1. The third kappa shape index (κ3) is 8.22. The summed E-state index contributed by atoms with van der Waals surface area (Å²) in [6, 6.07) is 11.0. The van der Waals surface area contributed by atoms with Crippen LogP contribution in [0.1, 0.15) is 76.8 Å². The number of rotatable bonds is 11.